The van der Waals surface area contributed by atoms with Crippen molar-refractivity contribution in [2.75, 3.05) is 6.61 Å². The van der Waals surface area contributed by atoms with E-state index in [2.05, 4.69) is 24.1 Å². The average Bonchev–Trinajstić information content (AvgIpc) is 2.46. The summed E-state index contributed by atoms with van der Waals surface area (Å²) in [7, 11) is 0. The number of carbonyl (C=O) groups excluding carboxylic acids is 1. The molecule has 0 heterocycles. The lowest BCUT2D eigenvalue weighted by Gasteiger charge is -2.13. The van der Waals surface area contributed by atoms with Crippen molar-refractivity contribution in [3.8, 4) is 11.8 Å². The minimum absolute atomic E-state index is 0.0285. The van der Waals surface area contributed by atoms with Crippen LogP contribution in [0.3, 0.4) is 0 Å². The number of amides is 1. The molecular formula is C17H22ClNO2. The van der Waals surface area contributed by atoms with Crippen LogP contribution >= 0.6 is 11.6 Å². The Labute approximate surface area is 131 Å². The van der Waals surface area contributed by atoms with E-state index >= 15 is 0 Å². The first-order valence-corrected chi connectivity index (χ1v) is 7.66. The SMILES string of the molecule is CCCCC(C)NC(=O)c1ccc(C#CCCO)c(Cl)c1. The summed E-state index contributed by atoms with van der Waals surface area (Å²) in [6.45, 7) is 4.16. The Bertz CT molecular complexity index is 531. The largest absolute Gasteiger partial charge is 0.395 e. The summed E-state index contributed by atoms with van der Waals surface area (Å²) in [4.78, 5) is 12.1. The monoisotopic (exact) mass is 307 g/mol. The highest BCUT2D eigenvalue weighted by atomic mass is 35.5. The zero-order valence-corrected chi connectivity index (χ0v) is 13.3. The molecule has 2 N–H and O–H groups in total. The molecule has 0 saturated heterocycles. The molecule has 3 nitrogen and oxygen atoms in total. The van der Waals surface area contributed by atoms with Crippen LogP contribution in [0.2, 0.25) is 5.02 Å². The fraction of sp³-hybridized carbons (Fsp3) is 0.471. The molecule has 0 aliphatic carbocycles. The lowest BCUT2D eigenvalue weighted by atomic mass is 10.1. The van der Waals surface area contributed by atoms with Crippen LogP contribution in [0.5, 0.6) is 0 Å². The van der Waals surface area contributed by atoms with Crippen molar-refractivity contribution in [2.24, 2.45) is 0 Å². The molecule has 1 aromatic carbocycles. The first-order chi connectivity index (χ1) is 10.1. The van der Waals surface area contributed by atoms with Crippen LogP contribution in [-0.2, 0) is 0 Å². The van der Waals surface area contributed by atoms with Gasteiger partial charge in [-0.3, -0.25) is 4.79 Å². The van der Waals surface area contributed by atoms with Gasteiger partial charge >= 0.3 is 0 Å². The molecule has 0 radical (unpaired) electrons. The smallest absolute Gasteiger partial charge is 0.251 e. The Morgan fingerprint density at radius 2 is 2.24 bits per heavy atom. The maximum atomic E-state index is 12.1. The van der Waals surface area contributed by atoms with E-state index in [0.717, 1.165) is 19.3 Å². The molecule has 1 unspecified atom stereocenters. The Hall–Kier alpha value is -1.50. The minimum atomic E-state index is -0.115. The van der Waals surface area contributed by atoms with Crippen LogP contribution in [0.25, 0.3) is 0 Å². The van der Waals surface area contributed by atoms with E-state index in [0.29, 0.717) is 22.6 Å². The number of hydrogen-bond acceptors (Lipinski definition) is 2. The van der Waals surface area contributed by atoms with Gasteiger partial charge in [0.2, 0.25) is 0 Å². The van der Waals surface area contributed by atoms with Crippen LogP contribution in [0.15, 0.2) is 18.2 Å². The van der Waals surface area contributed by atoms with Gasteiger partial charge in [-0.1, -0.05) is 43.2 Å². The van der Waals surface area contributed by atoms with E-state index in [1.807, 2.05) is 6.92 Å². The van der Waals surface area contributed by atoms with Gasteiger partial charge in [-0.05, 0) is 31.5 Å². The van der Waals surface area contributed by atoms with Gasteiger partial charge in [0.05, 0.1) is 11.6 Å². The van der Waals surface area contributed by atoms with Gasteiger partial charge in [-0.25, -0.2) is 0 Å². The summed E-state index contributed by atoms with van der Waals surface area (Å²) in [5.41, 5.74) is 1.21. The fourth-order valence-corrected chi connectivity index (χ4v) is 2.09. The average molecular weight is 308 g/mol. The molecule has 0 aliphatic heterocycles. The van der Waals surface area contributed by atoms with Crippen molar-refractivity contribution in [1.82, 2.24) is 5.32 Å². The Morgan fingerprint density at radius 3 is 2.86 bits per heavy atom. The third-order valence-corrected chi connectivity index (χ3v) is 3.37. The minimum Gasteiger partial charge on any atom is -0.395 e. The second kappa shape index (κ2) is 9.44. The lowest BCUT2D eigenvalue weighted by Crippen LogP contribution is -2.32. The summed E-state index contributed by atoms with van der Waals surface area (Å²) in [6, 6.07) is 5.24. The van der Waals surface area contributed by atoms with Gasteiger partial charge < -0.3 is 10.4 Å². The molecule has 1 aromatic rings. The first kappa shape index (κ1) is 17.6. The standard InChI is InChI=1S/C17H22ClNO2/c1-3-4-7-13(2)19-17(21)15-10-9-14(16(18)12-15)8-5-6-11-20/h9-10,12-13,20H,3-4,6-7,11H2,1-2H3,(H,19,21). The second-order valence-electron chi connectivity index (χ2n) is 4.99. The Balaban J connectivity index is 2.70. The highest BCUT2D eigenvalue weighted by Gasteiger charge is 2.10. The molecule has 1 rings (SSSR count). The van der Waals surface area contributed by atoms with Crippen LogP contribution in [0.4, 0.5) is 0 Å². The van der Waals surface area contributed by atoms with Crippen molar-refractivity contribution in [1.29, 1.82) is 0 Å². The number of benzene rings is 1. The van der Waals surface area contributed by atoms with E-state index in [9.17, 15) is 4.79 Å². The van der Waals surface area contributed by atoms with Gasteiger partial charge in [0.15, 0.2) is 0 Å². The van der Waals surface area contributed by atoms with E-state index in [1.165, 1.54) is 0 Å². The second-order valence-corrected chi connectivity index (χ2v) is 5.39. The zero-order chi connectivity index (χ0) is 15.7. The van der Waals surface area contributed by atoms with Crippen LogP contribution < -0.4 is 5.32 Å². The number of nitrogens with one attached hydrogen (secondary N) is 1. The molecule has 1 amide bonds. The number of aliphatic hydroxyl groups is 1. The molecule has 0 spiro atoms. The number of aliphatic hydroxyl groups excluding tert-OH is 1. The van der Waals surface area contributed by atoms with Gasteiger partial charge in [0, 0.05) is 23.6 Å². The predicted molar refractivity (Wildman–Crippen MR) is 86.5 cm³/mol. The van der Waals surface area contributed by atoms with E-state index in [4.69, 9.17) is 16.7 Å². The topological polar surface area (TPSA) is 49.3 Å². The molecule has 0 fully saturated rings. The summed E-state index contributed by atoms with van der Waals surface area (Å²) in [5.74, 6) is 5.57. The van der Waals surface area contributed by atoms with Crippen molar-refractivity contribution >= 4 is 17.5 Å². The molecule has 0 saturated carbocycles. The quantitative estimate of drug-likeness (QED) is 0.792. The van der Waals surface area contributed by atoms with Gasteiger partial charge in [-0.15, -0.1) is 0 Å². The lowest BCUT2D eigenvalue weighted by molar-refractivity contribution is 0.0938. The highest BCUT2D eigenvalue weighted by molar-refractivity contribution is 6.32. The molecule has 0 aliphatic rings. The van der Waals surface area contributed by atoms with Crippen LogP contribution in [-0.4, -0.2) is 23.7 Å². The first-order valence-electron chi connectivity index (χ1n) is 7.28. The third kappa shape index (κ3) is 6.20. The number of unbranched alkanes of at least 4 members (excludes halogenated alkanes) is 1. The van der Waals surface area contributed by atoms with E-state index in [1.54, 1.807) is 18.2 Å². The molecule has 4 heteroatoms. The highest BCUT2D eigenvalue weighted by Crippen LogP contribution is 2.17. The van der Waals surface area contributed by atoms with Gasteiger partial charge in [-0.2, -0.15) is 0 Å². The number of hydrogen-bond donors (Lipinski definition) is 2. The van der Waals surface area contributed by atoms with E-state index < -0.39 is 0 Å². The van der Waals surface area contributed by atoms with Gasteiger partial charge in [0.1, 0.15) is 0 Å². The predicted octanol–water partition coefficient (Wildman–Crippen LogP) is 3.38. The zero-order valence-electron chi connectivity index (χ0n) is 12.6. The Morgan fingerprint density at radius 1 is 1.48 bits per heavy atom. The van der Waals surface area contributed by atoms with Gasteiger partial charge in [0.25, 0.3) is 5.91 Å². The van der Waals surface area contributed by atoms with Crippen molar-refractivity contribution in [3.63, 3.8) is 0 Å². The summed E-state index contributed by atoms with van der Waals surface area (Å²) in [5, 5.41) is 12.1. The molecule has 21 heavy (non-hydrogen) atoms. The normalized spacial score (nSPS) is 11.4. The summed E-state index contributed by atoms with van der Waals surface area (Å²) < 4.78 is 0. The number of carbonyl (C=O) groups is 1. The molecule has 0 aromatic heterocycles. The molecule has 114 valence electrons. The maximum absolute atomic E-state index is 12.1. The number of rotatable bonds is 6. The molecule has 0 bridgehead atoms. The summed E-state index contributed by atoms with van der Waals surface area (Å²) in [6.07, 6.45) is 3.60. The maximum Gasteiger partial charge on any atom is 0.251 e. The van der Waals surface area contributed by atoms with Crippen LogP contribution in [0, 0.1) is 11.8 Å². The van der Waals surface area contributed by atoms with E-state index in [-0.39, 0.29) is 18.6 Å². The van der Waals surface area contributed by atoms with Crippen molar-refractivity contribution in [2.45, 2.75) is 45.6 Å². The number of halogens is 1. The van der Waals surface area contributed by atoms with Crippen molar-refractivity contribution < 1.29 is 9.90 Å². The summed E-state index contributed by atoms with van der Waals surface area (Å²) >= 11 is 6.13. The fourth-order valence-electron chi connectivity index (χ4n) is 1.86. The third-order valence-electron chi connectivity index (χ3n) is 3.06. The molecule has 1 atom stereocenters. The van der Waals surface area contributed by atoms with Crippen molar-refractivity contribution in [3.05, 3.63) is 34.3 Å². The van der Waals surface area contributed by atoms with Crippen LogP contribution in [0.1, 0.15) is 55.5 Å². The Kier molecular flexibility index (Phi) is 7.89. The molecular weight excluding hydrogens is 286 g/mol.